The van der Waals surface area contributed by atoms with Crippen LogP contribution < -0.4 is 10.2 Å². The second kappa shape index (κ2) is 6.79. The third-order valence-corrected chi connectivity index (χ3v) is 3.23. The number of carbonyl (C=O) groups is 1. The predicted octanol–water partition coefficient (Wildman–Crippen LogP) is 3.27. The number of ether oxygens (including phenoxy) is 1. The van der Waals surface area contributed by atoms with Gasteiger partial charge in [0.15, 0.2) is 6.61 Å². The second-order valence-corrected chi connectivity index (χ2v) is 5.04. The maximum atomic E-state index is 11.7. The van der Waals surface area contributed by atoms with Crippen LogP contribution in [0.1, 0.15) is 11.5 Å². The highest BCUT2D eigenvalue weighted by Crippen LogP contribution is 2.20. The zero-order valence-electron chi connectivity index (χ0n) is 12.7. The fraction of sp³-hybridized carbons (Fsp3) is 0.111. The normalized spacial score (nSPS) is 11.0. The lowest BCUT2D eigenvalue weighted by atomic mass is 10.1. The molecule has 23 heavy (non-hydrogen) atoms. The van der Waals surface area contributed by atoms with Gasteiger partial charge in [-0.2, -0.15) is 5.10 Å². The number of nitrogens with zero attached hydrogens (tertiary/aromatic N) is 1. The van der Waals surface area contributed by atoms with Gasteiger partial charge in [-0.3, -0.25) is 4.79 Å². The molecule has 1 amide bonds. The number of hydrogen-bond donors (Lipinski definition) is 1. The lowest BCUT2D eigenvalue weighted by Gasteiger charge is -2.06. The molecule has 0 bridgehead atoms. The molecule has 0 radical (unpaired) electrons. The molecule has 2 aromatic carbocycles. The van der Waals surface area contributed by atoms with Crippen molar-refractivity contribution in [2.75, 3.05) is 6.61 Å². The minimum Gasteiger partial charge on any atom is -0.484 e. The van der Waals surface area contributed by atoms with Gasteiger partial charge in [0.2, 0.25) is 0 Å². The molecule has 0 saturated carbocycles. The number of benzene rings is 2. The SMILES string of the molecule is Cc1ccc(/C=N\NC(=O)COc2ccc3ccccc3c2)o1. The van der Waals surface area contributed by atoms with Gasteiger partial charge in [0, 0.05) is 0 Å². The fourth-order valence-corrected chi connectivity index (χ4v) is 2.13. The van der Waals surface area contributed by atoms with Crippen molar-refractivity contribution in [1.82, 2.24) is 5.43 Å². The van der Waals surface area contributed by atoms with Crippen LogP contribution in [0.5, 0.6) is 5.75 Å². The fourth-order valence-electron chi connectivity index (χ4n) is 2.13. The Morgan fingerprint density at radius 3 is 2.78 bits per heavy atom. The van der Waals surface area contributed by atoms with E-state index in [1.165, 1.54) is 6.21 Å². The third kappa shape index (κ3) is 3.97. The van der Waals surface area contributed by atoms with E-state index in [1.807, 2.05) is 55.5 Å². The summed E-state index contributed by atoms with van der Waals surface area (Å²) in [4.78, 5) is 11.7. The van der Waals surface area contributed by atoms with E-state index in [9.17, 15) is 4.79 Å². The smallest absolute Gasteiger partial charge is 0.277 e. The number of furan rings is 1. The summed E-state index contributed by atoms with van der Waals surface area (Å²) in [6, 6.07) is 17.3. The van der Waals surface area contributed by atoms with Crippen LogP contribution >= 0.6 is 0 Å². The van der Waals surface area contributed by atoms with Gasteiger partial charge in [0.05, 0.1) is 6.21 Å². The number of aryl methyl sites for hydroxylation is 1. The first-order valence-electron chi connectivity index (χ1n) is 7.21. The Morgan fingerprint density at radius 2 is 2.00 bits per heavy atom. The molecular formula is C18H16N2O3. The van der Waals surface area contributed by atoms with Gasteiger partial charge in [0.25, 0.3) is 5.91 Å². The Morgan fingerprint density at radius 1 is 1.17 bits per heavy atom. The summed E-state index contributed by atoms with van der Waals surface area (Å²) < 4.78 is 10.8. The summed E-state index contributed by atoms with van der Waals surface area (Å²) in [6.45, 7) is 1.74. The van der Waals surface area contributed by atoms with Gasteiger partial charge in [-0.15, -0.1) is 0 Å². The molecule has 5 nitrogen and oxygen atoms in total. The van der Waals surface area contributed by atoms with E-state index >= 15 is 0 Å². The van der Waals surface area contributed by atoms with Gasteiger partial charge in [-0.05, 0) is 42.0 Å². The zero-order valence-corrected chi connectivity index (χ0v) is 12.7. The Balaban J connectivity index is 1.52. The number of hydrazone groups is 1. The molecule has 0 unspecified atom stereocenters. The maximum Gasteiger partial charge on any atom is 0.277 e. The largest absolute Gasteiger partial charge is 0.484 e. The molecule has 0 atom stereocenters. The first-order valence-corrected chi connectivity index (χ1v) is 7.21. The number of hydrogen-bond acceptors (Lipinski definition) is 4. The molecule has 3 aromatic rings. The number of nitrogens with one attached hydrogen (secondary N) is 1. The van der Waals surface area contributed by atoms with E-state index in [0.717, 1.165) is 16.5 Å². The van der Waals surface area contributed by atoms with E-state index in [4.69, 9.17) is 9.15 Å². The van der Waals surface area contributed by atoms with Gasteiger partial charge < -0.3 is 9.15 Å². The van der Waals surface area contributed by atoms with Crippen molar-refractivity contribution in [3.8, 4) is 5.75 Å². The second-order valence-electron chi connectivity index (χ2n) is 5.04. The lowest BCUT2D eigenvalue weighted by molar-refractivity contribution is -0.123. The summed E-state index contributed by atoms with van der Waals surface area (Å²) in [6.07, 6.45) is 1.45. The van der Waals surface area contributed by atoms with Gasteiger partial charge in [0.1, 0.15) is 17.3 Å². The number of fused-ring (bicyclic) bond motifs is 1. The van der Waals surface area contributed by atoms with Gasteiger partial charge in [-0.25, -0.2) is 5.43 Å². The van der Waals surface area contributed by atoms with Crippen molar-refractivity contribution < 1.29 is 13.9 Å². The van der Waals surface area contributed by atoms with Crippen LogP contribution in [0.25, 0.3) is 10.8 Å². The van der Waals surface area contributed by atoms with Crippen LogP contribution in [0.15, 0.2) is 64.1 Å². The van der Waals surface area contributed by atoms with Crippen molar-refractivity contribution in [1.29, 1.82) is 0 Å². The van der Waals surface area contributed by atoms with Crippen molar-refractivity contribution in [3.63, 3.8) is 0 Å². The number of rotatable bonds is 5. The van der Waals surface area contributed by atoms with E-state index in [-0.39, 0.29) is 12.5 Å². The summed E-state index contributed by atoms with van der Waals surface area (Å²) in [5, 5.41) is 6.01. The van der Waals surface area contributed by atoms with Crippen molar-refractivity contribution in [3.05, 3.63) is 66.1 Å². The molecule has 0 aliphatic rings. The molecular weight excluding hydrogens is 292 g/mol. The summed E-state index contributed by atoms with van der Waals surface area (Å²) in [7, 11) is 0. The quantitative estimate of drug-likeness (QED) is 0.581. The first-order chi connectivity index (χ1) is 11.2. The summed E-state index contributed by atoms with van der Waals surface area (Å²) in [5.41, 5.74) is 2.39. The molecule has 3 rings (SSSR count). The minimum absolute atomic E-state index is 0.104. The molecule has 0 saturated heterocycles. The van der Waals surface area contributed by atoms with E-state index in [0.29, 0.717) is 11.5 Å². The predicted molar refractivity (Wildman–Crippen MR) is 88.6 cm³/mol. The van der Waals surface area contributed by atoms with Crippen molar-refractivity contribution >= 4 is 22.9 Å². The molecule has 1 heterocycles. The van der Waals surface area contributed by atoms with Crippen molar-refractivity contribution in [2.24, 2.45) is 5.10 Å². The summed E-state index contributed by atoms with van der Waals surface area (Å²) >= 11 is 0. The third-order valence-electron chi connectivity index (χ3n) is 3.23. The average molecular weight is 308 g/mol. The maximum absolute atomic E-state index is 11.7. The standard InChI is InChI=1S/C18H16N2O3/c1-13-6-8-17(23-13)11-19-20-18(21)12-22-16-9-7-14-4-2-3-5-15(14)10-16/h2-11H,12H2,1H3,(H,20,21)/b19-11-. The lowest BCUT2D eigenvalue weighted by Crippen LogP contribution is -2.24. The minimum atomic E-state index is -0.335. The molecule has 0 aliphatic carbocycles. The number of carbonyl (C=O) groups excluding carboxylic acids is 1. The Kier molecular flexibility index (Phi) is 4.38. The molecule has 1 N–H and O–H groups in total. The summed E-state index contributed by atoms with van der Waals surface area (Å²) in [5.74, 6) is 1.68. The van der Waals surface area contributed by atoms with E-state index < -0.39 is 0 Å². The molecule has 116 valence electrons. The monoisotopic (exact) mass is 308 g/mol. The molecule has 0 aliphatic heterocycles. The van der Waals surface area contributed by atoms with Crippen LogP contribution in [-0.4, -0.2) is 18.7 Å². The van der Waals surface area contributed by atoms with Crippen LogP contribution in [0, 0.1) is 6.92 Å². The number of amides is 1. The molecule has 1 aromatic heterocycles. The van der Waals surface area contributed by atoms with Crippen LogP contribution in [0.3, 0.4) is 0 Å². The Bertz CT molecular complexity index is 852. The topological polar surface area (TPSA) is 63.8 Å². The highest BCUT2D eigenvalue weighted by molar-refractivity contribution is 5.84. The first kappa shape index (κ1) is 14.8. The van der Waals surface area contributed by atoms with Crippen LogP contribution in [0.4, 0.5) is 0 Å². The average Bonchev–Trinajstić information content (AvgIpc) is 2.98. The molecule has 0 spiro atoms. The van der Waals surface area contributed by atoms with E-state index in [1.54, 1.807) is 6.07 Å². The Labute approximate surface area is 133 Å². The Hall–Kier alpha value is -3.08. The highest BCUT2D eigenvalue weighted by Gasteiger charge is 2.02. The highest BCUT2D eigenvalue weighted by atomic mass is 16.5. The van der Waals surface area contributed by atoms with Gasteiger partial charge >= 0.3 is 0 Å². The zero-order chi connectivity index (χ0) is 16.1. The van der Waals surface area contributed by atoms with Crippen LogP contribution in [0.2, 0.25) is 0 Å². The molecule has 0 fully saturated rings. The van der Waals surface area contributed by atoms with Crippen LogP contribution in [-0.2, 0) is 4.79 Å². The van der Waals surface area contributed by atoms with Crippen molar-refractivity contribution in [2.45, 2.75) is 6.92 Å². The molecule has 5 heteroatoms. The van der Waals surface area contributed by atoms with Gasteiger partial charge in [-0.1, -0.05) is 30.3 Å². The van der Waals surface area contributed by atoms with E-state index in [2.05, 4.69) is 10.5 Å².